The summed E-state index contributed by atoms with van der Waals surface area (Å²) in [6.45, 7) is 13.4. The molecule has 0 aromatic heterocycles. The molecule has 26 heavy (non-hydrogen) atoms. The van der Waals surface area contributed by atoms with Crippen LogP contribution in [0.25, 0.3) is 32.3 Å². The molecule has 0 aliphatic heterocycles. The fraction of sp³-hybridized carbons (Fsp3) is 0.320. The zero-order valence-electron chi connectivity index (χ0n) is 16.5. The Morgan fingerprint density at radius 3 is 1.69 bits per heavy atom. The maximum absolute atomic E-state index is 9.83. The predicted octanol–water partition coefficient (Wildman–Crippen LogP) is 7.05. The fourth-order valence-electron chi connectivity index (χ4n) is 3.88. The third-order valence-corrected chi connectivity index (χ3v) is 5.50. The van der Waals surface area contributed by atoms with E-state index in [-0.39, 0.29) is 10.8 Å². The van der Waals surface area contributed by atoms with E-state index < -0.39 is 0 Å². The molecule has 4 aromatic rings. The molecule has 4 aromatic carbocycles. The molecular weight excluding hydrogens is 314 g/mol. The molecule has 0 N–H and O–H groups in total. The van der Waals surface area contributed by atoms with Gasteiger partial charge in [0.15, 0.2) is 0 Å². The molecule has 0 bridgehead atoms. The van der Waals surface area contributed by atoms with E-state index in [9.17, 15) is 5.26 Å². The lowest BCUT2D eigenvalue weighted by Gasteiger charge is -2.24. The van der Waals surface area contributed by atoms with Crippen molar-refractivity contribution in [1.82, 2.24) is 0 Å². The van der Waals surface area contributed by atoms with Crippen LogP contribution >= 0.6 is 0 Å². The largest absolute Gasteiger partial charge is 0.192 e. The Hall–Kier alpha value is -2.59. The van der Waals surface area contributed by atoms with Crippen LogP contribution < -0.4 is 0 Å². The Labute approximate surface area is 155 Å². The number of nitrogens with zero attached hydrogens (tertiary/aromatic N) is 1. The molecule has 0 saturated carbocycles. The molecule has 0 spiro atoms. The highest BCUT2D eigenvalue weighted by Gasteiger charge is 2.21. The van der Waals surface area contributed by atoms with Crippen LogP contribution in [0.15, 0.2) is 42.5 Å². The van der Waals surface area contributed by atoms with E-state index in [1.165, 1.54) is 38.1 Å². The molecule has 0 unspecified atom stereocenters. The monoisotopic (exact) mass is 339 g/mol. The first-order valence-electron chi connectivity index (χ1n) is 9.27. The molecule has 1 nitrogen and oxygen atoms in total. The normalized spacial score (nSPS) is 13.0. The van der Waals surface area contributed by atoms with Crippen molar-refractivity contribution in [3.63, 3.8) is 0 Å². The first kappa shape index (κ1) is 16.9. The van der Waals surface area contributed by atoms with Crippen LogP contribution in [0, 0.1) is 11.3 Å². The van der Waals surface area contributed by atoms with Gasteiger partial charge in [0.25, 0.3) is 0 Å². The topological polar surface area (TPSA) is 23.8 Å². The zero-order chi connectivity index (χ0) is 18.9. The van der Waals surface area contributed by atoms with Crippen LogP contribution in [-0.2, 0) is 10.8 Å². The molecule has 0 fully saturated rings. The standard InChI is InChI=1S/C25H25N/c1-24(2,3)19-10-15-7-8-16-11-20(25(4,5)6)13-21-18(14-26)9-17(12-19)22(15)23(16)21/h7-13H,1-6H3. The quantitative estimate of drug-likeness (QED) is 0.315. The van der Waals surface area contributed by atoms with Crippen LogP contribution in [0.1, 0.15) is 58.2 Å². The van der Waals surface area contributed by atoms with Crippen molar-refractivity contribution in [2.24, 2.45) is 0 Å². The Bertz CT molecular complexity index is 1190. The van der Waals surface area contributed by atoms with E-state index in [0.717, 1.165) is 10.9 Å². The minimum Gasteiger partial charge on any atom is -0.192 e. The van der Waals surface area contributed by atoms with Gasteiger partial charge in [0.1, 0.15) is 0 Å². The van der Waals surface area contributed by atoms with Crippen molar-refractivity contribution in [3.05, 3.63) is 59.2 Å². The van der Waals surface area contributed by atoms with Gasteiger partial charge in [-0.1, -0.05) is 71.9 Å². The Morgan fingerprint density at radius 1 is 0.654 bits per heavy atom. The van der Waals surface area contributed by atoms with Crippen molar-refractivity contribution < 1.29 is 0 Å². The van der Waals surface area contributed by atoms with Gasteiger partial charge in [-0.2, -0.15) is 5.26 Å². The van der Waals surface area contributed by atoms with Crippen molar-refractivity contribution in [3.8, 4) is 6.07 Å². The second-order valence-electron chi connectivity index (χ2n) is 9.52. The van der Waals surface area contributed by atoms with Gasteiger partial charge in [-0.05, 0) is 61.0 Å². The third kappa shape index (κ3) is 2.44. The van der Waals surface area contributed by atoms with Gasteiger partial charge in [-0.3, -0.25) is 0 Å². The highest BCUT2D eigenvalue weighted by Crippen LogP contribution is 2.41. The van der Waals surface area contributed by atoms with E-state index in [4.69, 9.17) is 0 Å². The number of hydrogen-bond acceptors (Lipinski definition) is 1. The maximum atomic E-state index is 9.83. The van der Waals surface area contributed by atoms with Gasteiger partial charge in [0.2, 0.25) is 0 Å². The van der Waals surface area contributed by atoms with Gasteiger partial charge in [-0.25, -0.2) is 0 Å². The first-order valence-corrected chi connectivity index (χ1v) is 9.27. The van der Waals surface area contributed by atoms with E-state index in [1.54, 1.807) is 0 Å². The van der Waals surface area contributed by atoms with Gasteiger partial charge >= 0.3 is 0 Å². The summed E-state index contributed by atoms with van der Waals surface area (Å²) in [5.74, 6) is 0. The molecule has 1 heteroatoms. The molecule has 130 valence electrons. The summed E-state index contributed by atoms with van der Waals surface area (Å²) in [5, 5.41) is 17.1. The molecule has 0 radical (unpaired) electrons. The minimum absolute atomic E-state index is 0.0522. The SMILES string of the molecule is CC(C)(C)c1cc2ccc3cc(C(C)(C)C)cc4c(C#N)cc(c1)c2c34. The zero-order valence-corrected chi connectivity index (χ0v) is 16.5. The summed E-state index contributed by atoms with van der Waals surface area (Å²) in [4.78, 5) is 0. The van der Waals surface area contributed by atoms with E-state index in [2.05, 4.69) is 90.1 Å². The summed E-state index contributed by atoms with van der Waals surface area (Å²) >= 11 is 0. The van der Waals surface area contributed by atoms with Gasteiger partial charge < -0.3 is 0 Å². The van der Waals surface area contributed by atoms with E-state index >= 15 is 0 Å². The fourth-order valence-corrected chi connectivity index (χ4v) is 3.88. The maximum Gasteiger partial charge on any atom is 0.0998 e. The molecule has 0 heterocycles. The molecule has 0 saturated heterocycles. The summed E-state index contributed by atoms with van der Waals surface area (Å²) in [6, 6.07) is 18.1. The average Bonchev–Trinajstić information content (AvgIpc) is 2.56. The number of rotatable bonds is 0. The van der Waals surface area contributed by atoms with Gasteiger partial charge in [0.05, 0.1) is 11.6 Å². The van der Waals surface area contributed by atoms with Gasteiger partial charge in [-0.15, -0.1) is 0 Å². The second-order valence-corrected chi connectivity index (χ2v) is 9.52. The smallest absolute Gasteiger partial charge is 0.0998 e. The van der Waals surface area contributed by atoms with Crippen LogP contribution in [-0.4, -0.2) is 0 Å². The lowest BCUT2D eigenvalue weighted by atomic mass is 9.80. The minimum atomic E-state index is 0.0522. The molecule has 0 atom stereocenters. The highest BCUT2D eigenvalue weighted by atomic mass is 14.3. The number of nitriles is 1. The lowest BCUT2D eigenvalue weighted by molar-refractivity contribution is 0.591. The molecule has 0 aliphatic rings. The van der Waals surface area contributed by atoms with Crippen LogP contribution in [0.3, 0.4) is 0 Å². The predicted molar refractivity (Wildman–Crippen MR) is 112 cm³/mol. The molecule has 0 amide bonds. The summed E-state index contributed by atoms with van der Waals surface area (Å²) in [5.41, 5.74) is 3.48. The highest BCUT2D eigenvalue weighted by molar-refractivity contribution is 6.24. The van der Waals surface area contributed by atoms with Crippen molar-refractivity contribution in [2.75, 3.05) is 0 Å². The summed E-state index contributed by atoms with van der Waals surface area (Å²) in [7, 11) is 0. The summed E-state index contributed by atoms with van der Waals surface area (Å²) in [6.07, 6.45) is 0. The Balaban J connectivity index is 2.23. The molecular formula is C25H25N. The summed E-state index contributed by atoms with van der Waals surface area (Å²) < 4.78 is 0. The number of benzene rings is 4. The van der Waals surface area contributed by atoms with Crippen LogP contribution in [0.2, 0.25) is 0 Å². The third-order valence-electron chi connectivity index (χ3n) is 5.50. The average molecular weight is 339 g/mol. The molecule has 0 aliphatic carbocycles. The van der Waals surface area contributed by atoms with Crippen molar-refractivity contribution >= 4 is 32.3 Å². The Morgan fingerprint density at radius 2 is 1.15 bits per heavy atom. The second kappa shape index (κ2) is 5.21. The van der Waals surface area contributed by atoms with Crippen LogP contribution in [0.5, 0.6) is 0 Å². The Kier molecular flexibility index (Phi) is 3.38. The lowest BCUT2D eigenvalue weighted by Crippen LogP contribution is -2.12. The molecule has 4 rings (SSSR count). The van der Waals surface area contributed by atoms with Crippen molar-refractivity contribution in [1.29, 1.82) is 5.26 Å². The van der Waals surface area contributed by atoms with E-state index in [0.29, 0.717) is 0 Å². The van der Waals surface area contributed by atoms with Gasteiger partial charge in [0, 0.05) is 5.39 Å². The van der Waals surface area contributed by atoms with E-state index in [1.807, 2.05) is 0 Å². The first-order chi connectivity index (χ1) is 12.1. The number of hydrogen-bond donors (Lipinski definition) is 0. The van der Waals surface area contributed by atoms with Crippen molar-refractivity contribution in [2.45, 2.75) is 52.4 Å². The van der Waals surface area contributed by atoms with Crippen LogP contribution in [0.4, 0.5) is 0 Å².